The van der Waals surface area contributed by atoms with Crippen LogP contribution in [0.4, 0.5) is 5.69 Å². The Labute approximate surface area is 137 Å². The fourth-order valence-electron chi connectivity index (χ4n) is 1.95. The van der Waals surface area contributed by atoms with Gasteiger partial charge in [0.25, 0.3) is 5.91 Å². The molecule has 0 saturated carbocycles. The molecule has 4 nitrogen and oxygen atoms in total. The summed E-state index contributed by atoms with van der Waals surface area (Å²) in [6.07, 6.45) is -0.864. The van der Waals surface area contributed by atoms with Crippen molar-refractivity contribution < 1.29 is 14.3 Å². The monoisotopic (exact) mass is 361 g/mol. The van der Waals surface area contributed by atoms with Crippen molar-refractivity contribution in [3.63, 3.8) is 0 Å². The lowest BCUT2D eigenvalue weighted by atomic mass is 10.2. The van der Waals surface area contributed by atoms with E-state index in [2.05, 4.69) is 15.9 Å². The molecule has 2 aromatic carbocycles. The molecule has 0 N–H and O–H groups in total. The van der Waals surface area contributed by atoms with E-state index in [1.165, 1.54) is 4.90 Å². The number of carbonyl (C=O) groups is 2. The van der Waals surface area contributed by atoms with Crippen molar-refractivity contribution >= 4 is 33.5 Å². The van der Waals surface area contributed by atoms with Gasteiger partial charge in [-0.05, 0) is 37.3 Å². The van der Waals surface area contributed by atoms with Crippen molar-refractivity contribution in [2.24, 2.45) is 0 Å². The number of hydrogen-bond acceptors (Lipinski definition) is 3. The van der Waals surface area contributed by atoms with Crippen LogP contribution in [0.1, 0.15) is 17.3 Å². The first-order valence-electron chi connectivity index (χ1n) is 6.78. The van der Waals surface area contributed by atoms with Crippen LogP contribution >= 0.6 is 15.9 Å². The van der Waals surface area contributed by atoms with E-state index in [0.29, 0.717) is 5.56 Å². The number of amides is 1. The minimum atomic E-state index is -0.864. The third kappa shape index (κ3) is 3.95. The highest BCUT2D eigenvalue weighted by molar-refractivity contribution is 9.10. The van der Waals surface area contributed by atoms with Crippen LogP contribution < -0.4 is 4.90 Å². The molecular formula is C17H16BrNO3. The van der Waals surface area contributed by atoms with Crippen LogP contribution in [0.25, 0.3) is 0 Å². The number of anilines is 1. The summed E-state index contributed by atoms with van der Waals surface area (Å²) in [5, 5.41) is 0. The topological polar surface area (TPSA) is 46.6 Å². The number of esters is 1. The molecule has 0 aromatic heterocycles. The molecular weight excluding hydrogens is 346 g/mol. The molecule has 0 saturated heterocycles. The maximum atomic E-state index is 12.3. The standard InChI is InChI=1S/C17H16BrNO3/c1-12(16(20)19(2)15-9-4-3-5-10-15)22-17(21)13-7-6-8-14(18)11-13/h3-12H,1-2H3/t12-/m0/s1. The summed E-state index contributed by atoms with van der Waals surface area (Å²) in [5.41, 5.74) is 1.15. The zero-order valence-electron chi connectivity index (χ0n) is 12.3. The van der Waals surface area contributed by atoms with E-state index in [-0.39, 0.29) is 5.91 Å². The predicted octanol–water partition coefficient (Wildman–Crippen LogP) is 3.66. The van der Waals surface area contributed by atoms with Gasteiger partial charge in [-0.15, -0.1) is 0 Å². The highest BCUT2D eigenvalue weighted by atomic mass is 79.9. The van der Waals surface area contributed by atoms with Gasteiger partial charge < -0.3 is 9.64 Å². The zero-order valence-corrected chi connectivity index (χ0v) is 13.9. The Kier molecular flexibility index (Phi) is 5.33. The number of nitrogens with zero attached hydrogens (tertiary/aromatic N) is 1. The highest BCUT2D eigenvalue weighted by Crippen LogP contribution is 2.16. The van der Waals surface area contributed by atoms with Crippen molar-refractivity contribution in [1.29, 1.82) is 0 Å². The van der Waals surface area contributed by atoms with Gasteiger partial charge >= 0.3 is 5.97 Å². The predicted molar refractivity (Wildman–Crippen MR) is 88.9 cm³/mol. The summed E-state index contributed by atoms with van der Waals surface area (Å²) in [5.74, 6) is -0.807. The maximum absolute atomic E-state index is 12.3. The lowest BCUT2D eigenvalue weighted by Gasteiger charge is -2.21. The summed E-state index contributed by atoms with van der Waals surface area (Å²) < 4.78 is 6.02. The van der Waals surface area contributed by atoms with Crippen LogP contribution in [0, 0.1) is 0 Å². The Morgan fingerprint density at radius 2 is 1.77 bits per heavy atom. The van der Waals surface area contributed by atoms with Crippen molar-refractivity contribution in [1.82, 2.24) is 0 Å². The lowest BCUT2D eigenvalue weighted by Crippen LogP contribution is -2.37. The summed E-state index contributed by atoms with van der Waals surface area (Å²) in [6.45, 7) is 1.57. The zero-order chi connectivity index (χ0) is 16.1. The lowest BCUT2D eigenvalue weighted by molar-refractivity contribution is -0.126. The molecule has 0 bridgehead atoms. The van der Waals surface area contributed by atoms with Gasteiger partial charge in [0.2, 0.25) is 0 Å². The number of likely N-dealkylation sites (N-methyl/N-ethyl adjacent to an activating group) is 1. The third-order valence-electron chi connectivity index (χ3n) is 3.17. The minimum absolute atomic E-state index is 0.283. The number of para-hydroxylation sites is 1. The Morgan fingerprint density at radius 3 is 2.41 bits per heavy atom. The van der Waals surface area contributed by atoms with Crippen LogP contribution in [0.5, 0.6) is 0 Å². The van der Waals surface area contributed by atoms with Crippen molar-refractivity contribution in [3.05, 3.63) is 64.6 Å². The molecule has 0 radical (unpaired) electrons. The average Bonchev–Trinajstić information content (AvgIpc) is 2.54. The highest BCUT2D eigenvalue weighted by Gasteiger charge is 2.23. The largest absolute Gasteiger partial charge is 0.449 e. The molecule has 0 heterocycles. The van der Waals surface area contributed by atoms with Gasteiger partial charge in [0.1, 0.15) is 0 Å². The molecule has 22 heavy (non-hydrogen) atoms. The van der Waals surface area contributed by atoms with E-state index < -0.39 is 12.1 Å². The first-order chi connectivity index (χ1) is 10.5. The molecule has 0 unspecified atom stereocenters. The number of ether oxygens (including phenoxy) is 1. The first-order valence-corrected chi connectivity index (χ1v) is 7.57. The van der Waals surface area contributed by atoms with Crippen LogP contribution in [0.3, 0.4) is 0 Å². The molecule has 0 aliphatic rings. The van der Waals surface area contributed by atoms with Gasteiger partial charge in [-0.25, -0.2) is 4.79 Å². The molecule has 0 spiro atoms. The van der Waals surface area contributed by atoms with Crippen molar-refractivity contribution in [2.45, 2.75) is 13.0 Å². The molecule has 2 aromatic rings. The maximum Gasteiger partial charge on any atom is 0.338 e. The molecule has 2 rings (SSSR count). The van der Waals surface area contributed by atoms with E-state index in [9.17, 15) is 9.59 Å². The number of hydrogen-bond donors (Lipinski definition) is 0. The number of rotatable bonds is 4. The van der Waals surface area contributed by atoms with Gasteiger partial charge in [-0.1, -0.05) is 40.2 Å². The molecule has 0 aliphatic heterocycles. The van der Waals surface area contributed by atoms with Crippen molar-refractivity contribution in [2.75, 3.05) is 11.9 Å². The number of halogens is 1. The van der Waals surface area contributed by atoms with E-state index in [1.54, 1.807) is 32.2 Å². The molecule has 0 aliphatic carbocycles. The second-order valence-corrected chi connectivity index (χ2v) is 5.71. The van der Waals surface area contributed by atoms with Crippen LogP contribution in [0.15, 0.2) is 59.1 Å². The van der Waals surface area contributed by atoms with Crippen LogP contribution in [0.2, 0.25) is 0 Å². The SMILES string of the molecule is C[C@H](OC(=O)c1cccc(Br)c1)C(=O)N(C)c1ccccc1. The quantitative estimate of drug-likeness (QED) is 0.780. The Bertz CT molecular complexity index is 673. The van der Waals surface area contributed by atoms with Gasteiger partial charge in [-0.3, -0.25) is 4.79 Å². The van der Waals surface area contributed by atoms with E-state index in [4.69, 9.17) is 4.74 Å². The van der Waals surface area contributed by atoms with Gasteiger partial charge in [-0.2, -0.15) is 0 Å². The molecule has 114 valence electrons. The average molecular weight is 362 g/mol. The number of carbonyl (C=O) groups excluding carboxylic acids is 2. The summed E-state index contributed by atoms with van der Waals surface area (Å²) in [7, 11) is 1.65. The Morgan fingerprint density at radius 1 is 1.09 bits per heavy atom. The van der Waals surface area contributed by atoms with Gasteiger partial charge in [0.05, 0.1) is 5.56 Å². The van der Waals surface area contributed by atoms with Gasteiger partial charge in [0.15, 0.2) is 6.10 Å². The van der Waals surface area contributed by atoms with E-state index >= 15 is 0 Å². The van der Waals surface area contributed by atoms with Crippen LogP contribution in [-0.2, 0) is 9.53 Å². The summed E-state index contributed by atoms with van der Waals surface area (Å²) in [6, 6.07) is 16.1. The van der Waals surface area contributed by atoms with Gasteiger partial charge in [0, 0.05) is 17.2 Å². The summed E-state index contributed by atoms with van der Waals surface area (Å²) >= 11 is 3.30. The third-order valence-corrected chi connectivity index (χ3v) is 3.66. The van der Waals surface area contributed by atoms with E-state index in [1.807, 2.05) is 36.4 Å². The minimum Gasteiger partial charge on any atom is -0.449 e. The molecule has 1 amide bonds. The second-order valence-electron chi connectivity index (χ2n) is 4.79. The van der Waals surface area contributed by atoms with Crippen LogP contribution in [-0.4, -0.2) is 25.0 Å². The molecule has 5 heteroatoms. The molecule has 1 atom stereocenters. The second kappa shape index (κ2) is 7.22. The normalized spacial score (nSPS) is 11.6. The fraction of sp³-hybridized carbons (Fsp3) is 0.176. The Balaban J connectivity index is 2.04. The summed E-state index contributed by atoms with van der Waals surface area (Å²) in [4.78, 5) is 25.8. The fourth-order valence-corrected chi connectivity index (χ4v) is 2.35. The van der Waals surface area contributed by atoms with Crippen molar-refractivity contribution in [3.8, 4) is 0 Å². The smallest absolute Gasteiger partial charge is 0.338 e. The molecule has 0 fully saturated rings. The first kappa shape index (κ1) is 16.2. The Hall–Kier alpha value is -2.14. The van der Waals surface area contributed by atoms with E-state index in [0.717, 1.165) is 10.2 Å². The number of benzene rings is 2.